The molecule has 154 valence electrons. The van der Waals surface area contributed by atoms with Gasteiger partial charge < -0.3 is 14.7 Å². The zero-order valence-corrected chi connectivity index (χ0v) is 15.9. The van der Waals surface area contributed by atoms with Crippen LogP contribution in [-0.4, -0.2) is 41.3 Å². The first-order valence-electron chi connectivity index (χ1n) is 8.38. The minimum atomic E-state index is -4.42. The maximum Gasteiger partial charge on any atom is 0.416 e. The van der Waals surface area contributed by atoms with E-state index in [0.717, 1.165) is 12.1 Å². The van der Waals surface area contributed by atoms with E-state index < -0.39 is 22.8 Å². The van der Waals surface area contributed by atoms with Gasteiger partial charge in [-0.2, -0.15) is 13.2 Å². The van der Waals surface area contributed by atoms with Crippen molar-refractivity contribution in [2.24, 2.45) is 0 Å². The van der Waals surface area contributed by atoms with E-state index in [1.807, 2.05) is 0 Å². The Balaban J connectivity index is 1.58. The number of benzene rings is 2. The molecule has 1 atom stereocenters. The molecule has 3 rings (SSSR count). The predicted molar refractivity (Wildman–Crippen MR) is 102 cm³/mol. The molecule has 1 N–H and O–H groups in total. The van der Waals surface area contributed by atoms with Gasteiger partial charge in [-0.05, 0) is 30.3 Å². The van der Waals surface area contributed by atoms with Crippen LogP contribution in [-0.2, 0) is 6.18 Å². The standard InChI is InChI=1S/C18H16F3N3O4S/c1-23(17-22-15-7-4-12(24(26)27)8-16(15)29-17)9-13(25)10-28-14-5-2-11(3-6-14)18(19,20)21/h2-8,13,25H,9-10H2,1H3. The summed E-state index contributed by atoms with van der Waals surface area (Å²) in [7, 11) is 1.70. The van der Waals surface area contributed by atoms with Gasteiger partial charge in [-0.25, -0.2) is 4.98 Å². The number of halogens is 3. The van der Waals surface area contributed by atoms with Crippen molar-refractivity contribution in [3.63, 3.8) is 0 Å². The summed E-state index contributed by atoms with van der Waals surface area (Å²) in [6.07, 6.45) is -5.35. The Morgan fingerprint density at radius 1 is 1.28 bits per heavy atom. The average Bonchev–Trinajstić information content (AvgIpc) is 3.09. The van der Waals surface area contributed by atoms with Crippen LogP contribution in [0.5, 0.6) is 5.75 Å². The summed E-state index contributed by atoms with van der Waals surface area (Å²) in [6.45, 7) is 0.0363. The number of thiazole rings is 1. The minimum Gasteiger partial charge on any atom is -0.491 e. The molecular weight excluding hydrogens is 411 g/mol. The summed E-state index contributed by atoms with van der Waals surface area (Å²) in [5, 5.41) is 21.6. The van der Waals surface area contributed by atoms with E-state index in [0.29, 0.717) is 15.3 Å². The number of aromatic nitrogens is 1. The van der Waals surface area contributed by atoms with Gasteiger partial charge in [0.2, 0.25) is 0 Å². The fourth-order valence-electron chi connectivity index (χ4n) is 2.56. The Morgan fingerprint density at radius 3 is 2.59 bits per heavy atom. The van der Waals surface area contributed by atoms with Crippen molar-refractivity contribution >= 4 is 32.4 Å². The molecule has 0 amide bonds. The van der Waals surface area contributed by atoms with Gasteiger partial charge in [-0.1, -0.05) is 11.3 Å². The normalized spacial score (nSPS) is 12.7. The molecule has 0 saturated heterocycles. The van der Waals surface area contributed by atoms with Crippen LogP contribution in [0.4, 0.5) is 24.0 Å². The number of aliphatic hydroxyl groups excluding tert-OH is 1. The zero-order valence-electron chi connectivity index (χ0n) is 15.1. The van der Waals surface area contributed by atoms with Crippen LogP contribution in [0.2, 0.25) is 0 Å². The average molecular weight is 427 g/mol. The SMILES string of the molecule is CN(CC(O)COc1ccc(C(F)(F)F)cc1)c1nc2ccc([N+](=O)[O-])cc2s1. The molecule has 0 aliphatic carbocycles. The molecule has 11 heteroatoms. The van der Waals surface area contributed by atoms with Gasteiger partial charge in [0, 0.05) is 25.7 Å². The summed E-state index contributed by atoms with van der Waals surface area (Å²) >= 11 is 1.25. The number of nitro groups is 1. The molecule has 0 aliphatic rings. The van der Waals surface area contributed by atoms with Gasteiger partial charge in [0.15, 0.2) is 5.13 Å². The molecule has 2 aromatic carbocycles. The van der Waals surface area contributed by atoms with Gasteiger partial charge in [0.05, 0.1) is 20.7 Å². The fraction of sp³-hybridized carbons (Fsp3) is 0.278. The predicted octanol–water partition coefficient (Wildman–Crippen LogP) is 4.10. The second-order valence-electron chi connectivity index (χ2n) is 6.27. The van der Waals surface area contributed by atoms with Gasteiger partial charge in [-0.15, -0.1) is 0 Å². The summed E-state index contributed by atoms with van der Waals surface area (Å²) in [5.74, 6) is 0.215. The van der Waals surface area contributed by atoms with E-state index in [1.165, 1.54) is 35.6 Å². The number of hydrogen-bond acceptors (Lipinski definition) is 7. The highest BCUT2D eigenvalue weighted by molar-refractivity contribution is 7.22. The van der Waals surface area contributed by atoms with E-state index in [2.05, 4.69) is 4.98 Å². The van der Waals surface area contributed by atoms with E-state index in [-0.39, 0.29) is 24.6 Å². The molecule has 7 nitrogen and oxygen atoms in total. The topological polar surface area (TPSA) is 88.7 Å². The van der Waals surface area contributed by atoms with Crippen molar-refractivity contribution in [3.8, 4) is 5.75 Å². The molecule has 3 aromatic rings. The first-order chi connectivity index (χ1) is 13.6. The number of rotatable bonds is 7. The first-order valence-corrected chi connectivity index (χ1v) is 9.19. The van der Waals surface area contributed by atoms with Crippen LogP contribution < -0.4 is 9.64 Å². The summed E-state index contributed by atoms with van der Waals surface area (Å²) < 4.78 is 43.6. The van der Waals surface area contributed by atoms with Crippen molar-refractivity contribution in [1.82, 2.24) is 4.98 Å². The van der Waals surface area contributed by atoms with Gasteiger partial charge in [0.1, 0.15) is 18.5 Å². The number of nitro benzene ring substituents is 1. The highest BCUT2D eigenvalue weighted by Crippen LogP contribution is 2.31. The third-order valence-electron chi connectivity index (χ3n) is 4.01. The number of nitrogens with zero attached hydrogens (tertiary/aromatic N) is 3. The lowest BCUT2D eigenvalue weighted by Crippen LogP contribution is -2.33. The van der Waals surface area contributed by atoms with Crippen LogP contribution in [0, 0.1) is 10.1 Å². The van der Waals surface area contributed by atoms with Gasteiger partial charge in [0.25, 0.3) is 5.69 Å². The lowest BCUT2D eigenvalue weighted by Gasteiger charge is -2.20. The van der Waals surface area contributed by atoms with E-state index in [1.54, 1.807) is 18.0 Å². The molecule has 0 aliphatic heterocycles. The van der Waals surface area contributed by atoms with Crippen molar-refractivity contribution in [1.29, 1.82) is 0 Å². The van der Waals surface area contributed by atoms with E-state index >= 15 is 0 Å². The van der Waals surface area contributed by atoms with Gasteiger partial charge >= 0.3 is 6.18 Å². The second kappa shape index (κ2) is 8.21. The van der Waals surface area contributed by atoms with E-state index in [4.69, 9.17) is 4.74 Å². The quantitative estimate of drug-likeness (QED) is 0.451. The highest BCUT2D eigenvalue weighted by Gasteiger charge is 2.30. The van der Waals surface area contributed by atoms with Crippen molar-refractivity contribution < 1.29 is 27.9 Å². The van der Waals surface area contributed by atoms with Crippen LogP contribution >= 0.6 is 11.3 Å². The number of ether oxygens (including phenoxy) is 1. The second-order valence-corrected chi connectivity index (χ2v) is 7.28. The number of alkyl halides is 3. The summed E-state index contributed by atoms with van der Waals surface area (Å²) in [4.78, 5) is 16.4. The van der Waals surface area contributed by atoms with Gasteiger partial charge in [-0.3, -0.25) is 10.1 Å². The Morgan fingerprint density at radius 2 is 1.97 bits per heavy atom. The van der Waals surface area contributed by atoms with Crippen molar-refractivity contribution in [3.05, 3.63) is 58.1 Å². The van der Waals surface area contributed by atoms with E-state index in [9.17, 15) is 28.4 Å². The molecule has 1 heterocycles. The third kappa shape index (κ3) is 5.12. The van der Waals surface area contributed by atoms with Crippen LogP contribution in [0.25, 0.3) is 10.2 Å². The number of hydrogen-bond donors (Lipinski definition) is 1. The Hall–Kier alpha value is -2.92. The molecule has 29 heavy (non-hydrogen) atoms. The number of anilines is 1. The maximum atomic E-state index is 12.6. The number of likely N-dealkylation sites (N-methyl/N-ethyl adjacent to an activating group) is 1. The van der Waals surface area contributed by atoms with Crippen molar-refractivity contribution in [2.45, 2.75) is 12.3 Å². The Bertz CT molecular complexity index is 1010. The molecular formula is C18H16F3N3O4S. The minimum absolute atomic E-state index is 0.0275. The fourth-order valence-corrected chi connectivity index (χ4v) is 3.53. The highest BCUT2D eigenvalue weighted by atomic mass is 32.1. The third-order valence-corrected chi connectivity index (χ3v) is 5.14. The maximum absolute atomic E-state index is 12.6. The number of fused-ring (bicyclic) bond motifs is 1. The Kier molecular flexibility index (Phi) is 5.89. The molecule has 1 unspecified atom stereocenters. The molecule has 0 saturated carbocycles. The number of aliphatic hydroxyl groups is 1. The first kappa shape index (κ1) is 20.8. The van der Waals surface area contributed by atoms with Crippen molar-refractivity contribution in [2.75, 3.05) is 25.1 Å². The van der Waals surface area contributed by atoms with Crippen LogP contribution in [0.1, 0.15) is 5.56 Å². The zero-order chi connectivity index (χ0) is 21.2. The van der Waals surface area contributed by atoms with Crippen LogP contribution in [0.15, 0.2) is 42.5 Å². The summed E-state index contributed by atoms with van der Waals surface area (Å²) in [5.41, 5.74) is -0.195. The number of non-ortho nitro benzene ring substituents is 1. The molecule has 0 spiro atoms. The largest absolute Gasteiger partial charge is 0.491 e. The molecule has 0 radical (unpaired) electrons. The lowest BCUT2D eigenvalue weighted by molar-refractivity contribution is -0.384. The lowest BCUT2D eigenvalue weighted by atomic mass is 10.2. The molecule has 1 aromatic heterocycles. The summed E-state index contributed by atoms with van der Waals surface area (Å²) in [6, 6.07) is 8.58. The molecule has 0 bridgehead atoms. The monoisotopic (exact) mass is 427 g/mol. The smallest absolute Gasteiger partial charge is 0.416 e. The Labute approximate surface area is 167 Å². The van der Waals surface area contributed by atoms with Crippen LogP contribution in [0.3, 0.4) is 0 Å². The molecule has 0 fully saturated rings.